The molecule has 0 heterocycles. The zero-order valence-electron chi connectivity index (χ0n) is 14.4. The Morgan fingerprint density at radius 2 is 1.68 bits per heavy atom. The second kappa shape index (κ2) is 10.1. The molecule has 0 aliphatic heterocycles. The van der Waals surface area contributed by atoms with Gasteiger partial charge < -0.3 is 9.84 Å². The van der Waals surface area contributed by atoms with E-state index in [1.165, 1.54) is 5.56 Å². The summed E-state index contributed by atoms with van der Waals surface area (Å²) in [6, 6.07) is 18.3. The summed E-state index contributed by atoms with van der Waals surface area (Å²) in [5.74, 6) is -1.26. The van der Waals surface area contributed by atoms with Gasteiger partial charge in [-0.3, -0.25) is 9.59 Å². The number of rotatable bonds is 9. The number of hydrogen-bond acceptors (Lipinski definition) is 4. The third-order valence-corrected chi connectivity index (χ3v) is 4.43. The number of hydrogen-bond donors (Lipinski definition) is 1. The highest BCUT2D eigenvalue weighted by Gasteiger charge is 2.26. The van der Waals surface area contributed by atoms with E-state index in [9.17, 15) is 9.59 Å². The Morgan fingerprint density at radius 1 is 1.04 bits per heavy atom. The van der Waals surface area contributed by atoms with Crippen molar-refractivity contribution >= 4 is 21.2 Å². The maximum absolute atomic E-state index is 12.4. The van der Waals surface area contributed by atoms with Crippen LogP contribution in [-0.2, 0) is 20.5 Å². The molecule has 2 aromatic carbocycles. The Morgan fingerprint density at radius 3 is 2.28 bits per heavy atom. The molecule has 0 amide bonds. The van der Waals surface area contributed by atoms with Crippen molar-refractivity contribution in [2.45, 2.75) is 19.3 Å². The molecule has 0 fully saturated rings. The van der Waals surface area contributed by atoms with Gasteiger partial charge in [0.1, 0.15) is 11.7 Å². The van der Waals surface area contributed by atoms with E-state index in [4.69, 9.17) is 0 Å². The number of aryl methyl sites for hydroxylation is 1. The minimum absolute atomic E-state index is 0.0742. The van der Waals surface area contributed by atoms with E-state index in [1.54, 1.807) is 7.05 Å². The van der Waals surface area contributed by atoms with Crippen LogP contribution in [0.1, 0.15) is 18.4 Å². The molecule has 0 saturated carbocycles. The highest BCUT2D eigenvalue weighted by molar-refractivity contribution is 7.10. The number of Topliss-reactive ketones (excluding diaryl/α,β-unsaturated/α-hetero) is 1. The van der Waals surface area contributed by atoms with Gasteiger partial charge >= 0.3 is 5.97 Å². The molecule has 0 bridgehead atoms. The van der Waals surface area contributed by atoms with E-state index in [0.29, 0.717) is 25.8 Å². The number of carbonyl (C=O) groups excluding carboxylic acids is 2. The smallest absolute Gasteiger partial charge is 0.318 e. The third kappa shape index (κ3) is 5.77. The quantitative estimate of drug-likeness (QED) is 0.552. The highest BCUT2D eigenvalue weighted by Crippen LogP contribution is 2.20. The molecular weight excluding hydrogens is 333 g/mol. The van der Waals surface area contributed by atoms with Gasteiger partial charge in [-0.15, -0.1) is 0 Å². The van der Waals surface area contributed by atoms with Gasteiger partial charge in [-0.25, -0.2) is 0 Å². The molecule has 0 saturated heterocycles. The Labute approximate surface area is 151 Å². The third-order valence-electron chi connectivity index (χ3n) is 4.19. The fourth-order valence-electron chi connectivity index (χ4n) is 2.72. The summed E-state index contributed by atoms with van der Waals surface area (Å²) in [5, 5.41) is 2.96. The molecule has 5 heteroatoms. The van der Waals surface area contributed by atoms with E-state index in [1.807, 2.05) is 39.8 Å². The average molecular weight is 357 g/mol. The molecule has 0 aliphatic rings. The topological polar surface area (TPSA) is 55.4 Å². The first-order valence-corrected chi connectivity index (χ1v) is 8.85. The molecule has 2 atom stereocenters. The molecule has 0 aromatic heterocycles. The van der Waals surface area contributed by atoms with Gasteiger partial charge in [0.15, 0.2) is 0 Å². The number of ketones is 1. The maximum Gasteiger partial charge on any atom is 0.318 e. The lowest BCUT2D eigenvalue weighted by Gasteiger charge is -2.13. The van der Waals surface area contributed by atoms with Crippen LogP contribution >= 0.6 is 9.47 Å². The Bertz CT molecular complexity index is 686. The molecule has 0 spiro atoms. The molecule has 25 heavy (non-hydrogen) atoms. The van der Waals surface area contributed by atoms with Crippen LogP contribution in [0, 0.1) is 5.92 Å². The van der Waals surface area contributed by atoms with Crippen molar-refractivity contribution in [3.8, 4) is 11.1 Å². The summed E-state index contributed by atoms with van der Waals surface area (Å²) < 4.78 is 4.68. The van der Waals surface area contributed by atoms with Crippen LogP contribution in [0.3, 0.4) is 0 Å². The normalized spacial score (nSPS) is 11.8. The van der Waals surface area contributed by atoms with Crippen molar-refractivity contribution in [1.82, 2.24) is 5.32 Å². The number of benzene rings is 2. The first kappa shape index (κ1) is 19.3. The van der Waals surface area contributed by atoms with Crippen molar-refractivity contribution < 1.29 is 14.1 Å². The summed E-state index contributed by atoms with van der Waals surface area (Å²) in [7, 11) is 3.72. The summed E-state index contributed by atoms with van der Waals surface area (Å²) in [6.07, 6.45) is 1.41. The van der Waals surface area contributed by atoms with Gasteiger partial charge in [-0.2, -0.15) is 0 Å². The van der Waals surface area contributed by atoms with Crippen LogP contribution in [0.5, 0.6) is 0 Å². The molecule has 4 nitrogen and oxygen atoms in total. The van der Waals surface area contributed by atoms with Crippen LogP contribution in [0.25, 0.3) is 11.1 Å². The second-order valence-corrected chi connectivity index (χ2v) is 6.15. The SMILES string of the molecule is CNCCC(C(=O)CCc1ccc(-c2ccccc2)cc1)C(=O)OP. The van der Waals surface area contributed by atoms with Crippen molar-refractivity contribution in [2.24, 2.45) is 5.92 Å². The Kier molecular flexibility index (Phi) is 7.77. The van der Waals surface area contributed by atoms with Crippen LogP contribution in [-0.4, -0.2) is 25.3 Å². The Hall–Kier alpha value is -2.03. The molecule has 2 unspecified atom stereocenters. The van der Waals surface area contributed by atoms with Gasteiger partial charge in [-0.05, 0) is 43.1 Å². The highest BCUT2D eigenvalue weighted by atomic mass is 31.0. The maximum atomic E-state index is 12.4. The average Bonchev–Trinajstić information content (AvgIpc) is 2.67. The van der Waals surface area contributed by atoms with E-state index in [-0.39, 0.29) is 5.78 Å². The zero-order valence-corrected chi connectivity index (χ0v) is 15.6. The standard InChI is InChI=1S/C20H24NO3P/c1-21-14-13-18(20(23)24-25)19(22)12-9-15-7-10-17(11-8-15)16-5-3-2-4-6-16/h2-8,10-11,18,21H,9,12-14,25H2,1H3. The van der Waals surface area contributed by atoms with Crippen molar-refractivity contribution in [3.05, 3.63) is 60.2 Å². The monoisotopic (exact) mass is 357 g/mol. The van der Waals surface area contributed by atoms with E-state index >= 15 is 0 Å². The van der Waals surface area contributed by atoms with E-state index < -0.39 is 11.9 Å². The largest absolute Gasteiger partial charge is 0.451 e. The molecule has 0 aliphatic carbocycles. The van der Waals surface area contributed by atoms with Crippen LogP contribution in [0.2, 0.25) is 0 Å². The van der Waals surface area contributed by atoms with Crippen molar-refractivity contribution in [3.63, 3.8) is 0 Å². The predicted molar refractivity (Wildman–Crippen MR) is 103 cm³/mol. The lowest BCUT2D eigenvalue weighted by molar-refractivity contribution is -0.143. The first-order valence-electron chi connectivity index (χ1n) is 8.38. The summed E-state index contributed by atoms with van der Waals surface area (Å²) in [5.41, 5.74) is 3.40. The summed E-state index contributed by atoms with van der Waals surface area (Å²) in [4.78, 5) is 24.2. The van der Waals surface area contributed by atoms with Gasteiger partial charge in [0.05, 0.1) is 9.47 Å². The minimum Gasteiger partial charge on any atom is -0.451 e. The van der Waals surface area contributed by atoms with Gasteiger partial charge in [0.2, 0.25) is 0 Å². The predicted octanol–water partition coefficient (Wildman–Crippen LogP) is 3.41. The second-order valence-electron chi connectivity index (χ2n) is 5.91. The van der Waals surface area contributed by atoms with E-state index in [2.05, 4.69) is 34.1 Å². The summed E-state index contributed by atoms with van der Waals surface area (Å²) in [6.45, 7) is 0.599. The number of nitrogens with one attached hydrogen (secondary N) is 1. The van der Waals surface area contributed by atoms with Crippen LogP contribution < -0.4 is 5.32 Å². The lowest BCUT2D eigenvalue weighted by Crippen LogP contribution is -2.28. The Balaban J connectivity index is 1.95. The van der Waals surface area contributed by atoms with Crippen molar-refractivity contribution in [1.29, 1.82) is 0 Å². The number of carbonyl (C=O) groups is 2. The minimum atomic E-state index is -0.700. The molecule has 132 valence electrons. The molecule has 0 radical (unpaired) electrons. The fraction of sp³-hybridized carbons (Fsp3) is 0.300. The first-order chi connectivity index (χ1) is 12.2. The zero-order chi connectivity index (χ0) is 18.1. The summed E-state index contributed by atoms with van der Waals surface area (Å²) >= 11 is 0. The van der Waals surface area contributed by atoms with Gasteiger partial charge in [0, 0.05) is 6.42 Å². The van der Waals surface area contributed by atoms with E-state index in [0.717, 1.165) is 11.1 Å². The molecule has 1 N–H and O–H groups in total. The molecule has 2 rings (SSSR count). The lowest BCUT2D eigenvalue weighted by atomic mass is 9.94. The van der Waals surface area contributed by atoms with Crippen molar-refractivity contribution in [2.75, 3.05) is 13.6 Å². The van der Waals surface area contributed by atoms with Crippen LogP contribution in [0.4, 0.5) is 0 Å². The molecular formula is C20H24NO3P. The fourth-order valence-corrected chi connectivity index (χ4v) is 2.88. The van der Waals surface area contributed by atoms with Gasteiger partial charge in [-0.1, -0.05) is 54.6 Å². The molecule has 2 aromatic rings. The van der Waals surface area contributed by atoms with Crippen LogP contribution in [0.15, 0.2) is 54.6 Å². The van der Waals surface area contributed by atoms with Gasteiger partial charge in [0.25, 0.3) is 0 Å².